The van der Waals surface area contributed by atoms with Crippen molar-refractivity contribution in [3.05, 3.63) is 12.7 Å². The largest absolute Gasteiger partial charge is 0.756 e. The van der Waals surface area contributed by atoms with E-state index < -0.39 is 32.5 Å². The van der Waals surface area contributed by atoms with Crippen molar-refractivity contribution in [2.75, 3.05) is 38.7 Å². The van der Waals surface area contributed by atoms with Crippen LogP contribution >= 0.6 is 19.6 Å². The minimum absolute atomic E-state index is 0.0415. The highest BCUT2D eigenvalue weighted by atomic mass is 32.2. The molecule has 0 aromatic rings. The van der Waals surface area contributed by atoms with Gasteiger partial charge < -0.3 is 44.1 Å². The molecule has 2 aliphatic rings. The standard InChI is InChI=1S/C47H84N3O12PS/c1-3-5-6-7-8-9-10-11-12-15-18-21-24-31-44(53)59-36-39(62-45(54)32-25-22-19-16-13-14-17-20-23-28-34-58-43(52)4-2)37-61-63(56,57)60-35-33-48-42(51)30-27-26-29-41-46-40(38-64-41)49-47(55)50-46/h4,39-41,46H,2-3,5-38H2,1H3,(H,48,51)(H,56,57)(H2,49,50,55)/p-1. The van der Waals surface area contributed by atoms with Gasteiger partial charge in [-0.1, -0.05) is 148 Å². The Morgan fingerprint density at radius 3 is 1.86 bits per heavy atom. The maximum atomic E-state index is 12.8. The lowest BCUT2D eigenvalue weighted by Crippen LogP contribution is -2.36. The first-order chi connectivity index (χ1) is 31.0. The van der Waals surface area contributed by atoms with Gasteiger partial charge in [0.25, 0.3) is 7.82 Å². The molecule has 0 bridgehead atoms. The highest BCUT2D eigenvalue weighted by Crippen LogP contribution is 2.38. The van der Waals surface area contributed by atoms with Crippen LogP contribution < -0.4 is 20.8 Å². The van der Waals surface area contributed by atoms with Crippen LogP contribution in [0.4, 0.5) is 4.79 Å². The van der Waals surface area contributed by atoms with Gasteiger partial charge in [0.1, 0.15) is 6.61 Å². The second-order valence-corrected chi connectivity index (χ2v) is 19.9. The number of hydrogen-bond donors (Lipinski definition) is 3. The zero-order valence-corrected chi connectivity index (χ0v) is 40.8. The van der Waals surface area contributed by atoms with E-state index in [2.05, 4.69) is 29.5 Å². The average molecular weight is 945 g/mol. The number of carbonyl (C=O) groups excluding carboxylic acids is 5. The smallest absolute Gasteiger partial charge is 0.330 e. The van der Waals surface area contributed by atoms with Gasteiger partial charge in [-0.2, -0.15) is 11.8 Å². The Labute approximate surface area is 388 Å². The van der Waals surface area contributed by atoms with E-state index in [0.29, 0.717) is 31.1 Å². The molecular weight excluding hydrogens is 862 g/mol. The van der Waals surface area contributed by atoms with Crippen LogP contribution in [0.2, 0.25) is 0 Å². The van der Waals surface area contributed by atoms with E-state index >= 15 is 0 Å². The van der Waals surface area contributed by atoms with E-state index in [1.54, 1.807) is 0 Å². The van der Waals surface area contributed by atoms with E-state index in [1.165, 1.54) is 63.9 Å². The summed E-state index contributed by atoms with van der Waals surface area (Å²) in [6.45, 7) is 4.74. The fourth-order valence-corrected chi connectivity index (χ4v) is 10.1. The maximum Gasteiger partial charge on any atom is 0.330 e. The molecule has 15 nitrogen and oxygen atoms in total. The third kappa shape index (κ3) is 30.5. The van der Waals surface area contributed by atoms with Gasteiger partial charge in [0.2, 0.25) is 5.91 Å². The normalized spacial score (nSPS) is 18.0. The van der Waals surface area contributed by atoms with Gasteiger partial charge in [-0.25, -0.2) is 9.59 Å². The maximum absolute atomic E-state index is 12.8. The molecule has 3 amide bonds. The second-order valence-electron chi connectivity index (χ2n) is 17.2. The van der Waals surface area contributed by atoms with Crippen LogP contribution in [0.1, 0.15) is 193 Å². The number of thioether (sulfide) groups is 1. The van der Waals surface area contributed by atoms with Crippen LogP contribution in [0, 0.1) is 0 Å². The lowest BCUT2D eigenvalue weighted by molar-refractivity contribution is -0.228. The summed E-state index contributed by atoms with van der Waals surface area (Å²) in [4.78, 5) is 72.9. The molecule has 5 atom stereocenters. The first-order valence-corrected chi connectivity index (χ1v) is 27.2. The van der Waals surface area contributed by atoms with Gasteiger partial charge in [0, 0.05) is 42.9 Å². The SMILES string of the molecule is C=CC(=O)OCCCCCCCCCCCCC(=O)OC(COC(=O)CCCCCCCCCCCCCCC)COP(=O)([O-])OCCNC(=O)CCCCC1SCC2NC(=O)NC21. The number of hydrogen-bond acceptors (Lipinski definition) is 13. The van der Waals surface area contributed by atoms with E-state index in [-0.39, 0.29) is 69.0 Å². The number of esters is 3. The average Bonchev–Trinajstić information content (AvgIpc) is 3.84. The van der Waals surface area contributed by atoms with Crippen LogP contribution in [-0.2, 0) is 47.0 Å². The molecule has 2 rings (SSSR count). The minimum Gasteiger partial charge on any atom is -0.756 e. The summed E-state index contributed by atoms with van der Waals surface area (Å²) in [5, 5.41) is 8.86. The molecular formula is C47H83N3O12PS-. The fraction of sp³-hybridized carbons (Fsp3) is 0.851. The molecule has 0 aromatic heterocycles. The highest BCUT2D eigenvalue weighted by molar-refractivity contribution is 8.00. The van der Waals surface area contributed by atoms with Crippen molar-refractivity contribution in [1.82, 2.24) is 16.0 Å². The van der Waals surface area contributed by atoms with Gasteiger partial charge in [-0.05, 0) is 32.1 Å². The molecule has 5 unspecified atom stereocenters. The van der Waals surface area contributed by atoms with Crippen LogP contribution in [0.5, 0.6) is 0 Å². The van der Waals surface area contributed by atoms with E-state index in [9.17, 15) is 33.4 Å². The first-order valence-electron chi connectivity index (χ1n) is 24.7. The fourth-order valence-electron chi connectivity index (χ4n) is 7.85. The van der Waals surface area contributed by atoms with Crippen LogP contribution in [-0.4, -0.2) is 92.0 Å². The van der Waals surface area contributed by atoms with E-state index in [0.717, 1.165) is 95.6 Å². The summed E-state index contributed by atoms with van der Waals surface area (Å²) in [5.74, 6) is -0.702. The quantitative estimate of drug-likeness (QED) is 0.0130. The summed E-state index contributed by atoms with van der Waals surface area (Å²) in [6.07, 6.45) is 28.3. The monoisotopic (exact) mass is 945 g/mol. The molecule has 2 saturated heterocycles. The first kappa shape index (κ1) is 57.5. The number of unbranched alkanes of at least 4 members (excludes halogenated alkanes) is 22. The predicted molar refractivity (Wildman–Crippen MR) is 250 cm³/mol. The van der Waals surface area contributed by atoms with E-state index in [1.807, 2.05) is 11.8 Å². The van der Waals surface area contributed by atoms with Crippen molar-refractivity contribution < 1.29 is 56.7 Å². The molecule has 2 heterocycles. The van der Waals surface area contributed by atoms with Crippen molar-refractivity contribution >= 4 is 49.4 Å². The number of nitrogens with one attached hydrogen (secondary N) is 3. The zero-order chi connectivity index (χ0) is 46.5. The number of phosphoric ester groups is 1. The number of ether oxygens (including phenoxy) is 3. The van der Waals surface area contributed by atoms with Gasteiger partial charge in [-0.15, -0.1) is 0 Å². The van der Waals surface area contributed by atoms with Gasteiger partial charge in [0.05, 0.1) is 31.9 Å². The van der Waals surface area contributed by atoms with Crippen molar-refractivity contribution in [2.24, 2.45) is 0 Å². The Bertz CT molecular complexity index is 1360. The predicted octanol–water partition coefficient (Wildman–Crippen LogP) is 9.29. The summed E-state index contributed by atoms with van der Waals surface area (Å²) in [7, 11) is -4.84. The Morgan fingerprint density at radius 2 is 1.27 bits per heavy atom. The number of carbonyl (C=O) groups is 5. The second kappa shape index (κ2) is 37.4. The molecule has 3 N–H and O–H groups in total. The number of rotatable bonds is 43. The minimum atomic E-state index is -4.84. The van der Waals surface area contributed by atoms with Crippen LogP contribution in [0.15, 0.2) is 12.7 Å². The Morgan fingerprint density at radius 1 is 0.719 bits per heavy atom. The Hall–Kier alpha value is -2.65. The molecule has 2 fully saturated rings. The van der Waals surface area contributed by atoms with Crippen molar-refractivity contribution in [3.8, 4) is 0 Å². The summed E-state index contributed by atoms with van der Waals surface area (Å²) < 4.78 is 38.5. The summed E-state index contributed by atoms with van der Waals surface area (Å²) >= 11 is 1.83. The number of fused-ring (bicyclic) bond motifs is 1. The third-order valence-electron chi connectivity index (χ3n) is 11.6. The molecule has 0 radical (unpaired) electrons. The molecule has 370 valence electrons. The number of amides is 3. The third-order valence-corrected chi connectivity index (χ3v) is 14.0. The van der Waals surface area contributed by atoms with Gasteiger partial charge in [0.15, 0.2) is 6.10 Å². The number of urea groups is 1. The molecule has 64 heavy (non-hydrogen) atoms. The zero-order valence-electron chi connectivity index (χ0n) is 39.1. The van der Waals surface area contributed by atoms with Crippen molar-refractivity contribution in [2.45, 2.75) is 217 Å². The van der Waals surface area contributed by atoms with Crippen LogP contribution in [0.3, 0.4) is 0 Å². The number of phosphoric acid groups is 1. The molecule has 0 aliphatic carbocycles. The van der Waals surface area contributed by atoms with Crippen molar-refractivity contribution in [3.63, 3.8) is 0 Å². The van der Waals surface area contributed by atoms with E-state index in [4.69, 9.17) is 23.3 Å². The lowest BCUT2D eigenvalue weighted by Gasteiger charge is -2.25. The Kier molecular flexibility index (Phi) is 33.6. The lowest BCUT2D eigenvalue weighted by atomic mass is 10.0. The molecule has 0 saturated carbocycles. The molecule has 2 aliphatic heterocycles. The highest BCUT2D eigenvalue weighted by Gasteiger charge is 2.42. The van der Waals surface area contributed by atoms with Crippen LogP contribution in [0.25, 0.3) is 0 Å². The molecule has 17 heteroatoms. The van der Waals surface area contributed by atoms with Gasteiger partial charge >= 0.3 is 23.9 Å². The molecule has 0 aromatic carbocycles. The van der Waals surface area contributed by atoms with Crippen molar-refractivity contribution in [1.29, 1.82) is 0 Å². The molecule has 0 spiro atoms. The summed E-state index contributed by atoms with van der Waals surface area (Å²) in [6, 6.07) is 0.160. The van der Waals surface area contributed by atoms with Gasteiger partial charge in [-0.3, -0.25) is 18.9 Å². The Balaban J connectivity index is 1.64. The topological polar surface area (TPSA) is 208 Å². The summed E-state index contributed by atoms with van der Waals surface area (Å²) in [5.41, 5.74) is 0.